The minimum Gasteiger partial charge on any atom is -0.354 e. The number of nitrogens with zero attached hydrogens (tertiary/aromatic N) is 5. The molecule has 0 unspecified atom stereocenters. The first-order chi connectivity index (χ1) is 14.1. The van der Waals surface area contributed by atoms with Crippen LogP contribution in [0.1, 0.15) is 29.4 Å². The van der Waals surface area contributed by atoms with Gasteiger partial charge in [-0.25, -0.2) is 9.97 Å². The lowest BCUT2D eigenvalue weighted by Gasteiger charge is -2.23. The summed E-state index contributed by atoms with van der Waals surface area (Å²) in [6.07, 6.45) is 9.56. The molecule has 1 N–H and O–H groups in total. The summed E-state index contributed by atoms with van der Waals surface area (Å²) in [4.78, 5) is 39.6. The summed E-state index contributed by atoms with van der Waals surface area (Å²) in [5.74, 6) is -0.379. The monoisotopic (exact) mass is 390 g/mol. The molecule has 0 aliphatic carbocycles. The van der Waals surface area contributed by atoms with E-state index >= 15 is 0 Å². The number of hydrogen-bond donors (Lipinski definition) is 1. The normalized spacial score (nSPS) is 14.0. The van der Waals surface area contributed by atoms with E-state index in [1.54, 1.807) is 36.7 Å². The third-order valence-electron chi connectivity index (χ3n) is 5.04. The van der Waals surface area contributed by atoms with Gasteiger partial charge in [0.2, 0.25) is 5.91 Å². The smallest absolute Gasteiger partial charge is 0.273 e. The van der Waals surface area contributed by atoms with Crippen molar-refractivity contribution in [2.24, 2.45) is 0 Å². The van der Waals surface area contributed by atoms with Crippen LogP contribution < -0.4 is 5.32 Å². The van der Waals surface area contributed by atoms with Crippen LogP contribution in [0.3, 0.4) is 0 Å². The molecule has 29 heavy (non-hydrogen) atoms. The molecule has 4 rings (SSSR count). The Morgan fingerprint density at radius 1 is 1.24 bits per heavy atom. The van der Waals surface area contributed by atoms with E-state index in [-0.39, 0.29) is 11.8 Å². The predicted octanol–water partition coefficient (Wildman–Crippen LogP) is 1.89. The van der Waals surface area contributed by atoms with Crippen LogP contribution in [0, 0.1) is 0 Å². The van der Waals surface area contributed by atoms with E-state index in [2.05, 4.69) is 20.3 Å². The lowest BCUT2D eigenvalue weighted by Crippen LogP contribution is -2.45. The van der Waals surface area contributed by atoms with Crippen LogP contribution in [0.5, 0.6) is 0 Å². The molecule has 0 fully saturated rings. The molecule has 0 saturated heterocycles. The molecule has 1 aliphatic heterocycles. The number of fused-ring (bicyclic) bond motifs is 1. The average Bonchev–Trinajstić information content (AvgIpc) is 3.39. The topological polar surface area (TPSA) is 93.0 Å². The van der Waals surface area contributed by atoms with Gasteiger partial charge in [0.15, 0.2) is 0 Å². The SMILES string of the molecule is C[C@H](C(=O)NCCCn1ccnc1)N1Cc2ccc(-c3cccnc3)nc2C1=O. The molecule has 0 spiro atoms. The number of carbonyl (C=O) groups excluding carboxylic acids is 2. The second-order valence-electron chi connectivity index (χ2n) is 7.00. The van der Waals surface area contributed by atoms with Crippen molar-refractivity contribution in [2.45, 2.75) is 32.5 Å². The van der Waals surface area contributed by atoms with Crippen LogP contribution >= 0.6 is 0 Å². The number of imidazole rings is 1. The zero-order chi connectivity index (χ0) is 20.2. The Balaban J connectivity index is 1.37. The van der Waals surface area contributed by atoms with Crippen molar-refractivity contribution in [3.63, 3.8) is 0 Å². The summed E-state index contributed by atoms with van der Waals surface area (Å²) in [6, 6.07) is 6.95. The maximum Gasteiger partial charge on any atom is 0.273 e. The minimum absolute atomic E-state index is 0.163. The Kier molecular flexibility index (Phi) is 5.33. The largest absolute Gasteiger partial charge is 0.354 e. The second kappa shape index (κ2) is 8.22. The van der Waals surface area contributed by atoms with E-state index in [0.717, 1.165) is 24.1 Å². The fraction of sp³-hybridized carbons (Fsp3) is 0.286. The first kappa shape index (κ1) is 18.8. The van der Waals surface area contributed by atoms with Gasteiger partial charge in [0.1, 0.15) is 11.7 Å². The third kappa shape index (κ3) is 4.01. The van der Waals surface area contributed by atoms with Gasteiger partial charge in [-0.2, -0.15) is 0 Å². The van der Waals surface area contributed by atoms with Gasteiger partial charge in [0, 0.05) is 55.5 Å². The maximum atomic E-state index is 12.9. The molecule has 3 aromatic rings. The van der Waals surface area contributed by atoms with Crippen molar-refractivity contribution in [3.05, 3.63) is 66.6 Å². The molecule has 1 aliphatic rings. The molecule has 2 amide bonds. The fourth-order valence-electron chi connectivity index (χ4n) is 3.36. The lowest BCUT2D eigenvalue weighted by atomic mass is 10.1. The van der Waals surface area contributed by atoms with Gasteiger partial charge in [0.05, 0.1) is 12.0 Å². The van der Waals surface area contributed by atoms with Crippen LogP contribution in [-0.4, -0.2) is 48.8 Å². The number of hydrogen-bond acceptors (Lipinski definition) is 5. The van der Waals surface area contributed by atoms with E-state index < -0.39 is 6.04 Å². The molecule has 0 radical (unpaired) electrons. The minimum atomic E-state index is -0.563. The standard InChI is InChI=1S/C21H22N6O2/c1-15(20(28)24-8-3-10-26-11-9-23-14-26)27-13-17-5-6-18(25-19(17)21(27)29)16-4-2-7-22-12-16/h2,4-7,9,11-12,14-15H,3,8,10,13H2,1H3,(H,24,28)/t15-/m1/s1. The van der Waals surface area contributed by atoms with Crippen molar-refractivity contribution >= 4 is 11.8 Å². The van der Waals surface area contributed by atoms with Crippen LogP contribution in [0.25, 0.3) is 11.3 Å². The van der Waals surface area contributed by atoms with E-state index in [0.29, 0.717) is 24.5 Å². The van der Waals surface area contributed by atoms with E-state index in [1.807, 2.05) is 35.0 Å². The van der Waals surface area contributed by atoms with E-state index in [1.165, 1.54) is 0 Å². The van der Waals surface area contributed by atoms with Crippen molar-refractivity contribution in [1.29, 1.82) is 0 Å². The first-order valence-corrected chi connectivity index (χ1v) is 9.58. The Morgan fingerprint density at radius 2 is 2.14 bits per heavy atom. The highest BCUT2D eigenvalue weighted by molar-refractivity contribution is 5.99. The van der Waals surface area contributed by atoms with Crippen LogP contribution in [-0.2, 0) is 17.9 Å². The number of rotatable bonds is 7. The summed E-state index contributed by atoms with van der Waals surface area (Å²) in [5.41, 5.74) is 2.79. The van der Waals surface area contributed by atoms with Crippen LogP contribution in [0.2, 0.25) is 0 Å². The van der Waals surface area contributed by atoms with Crippen molar-refractivity contribution in [1.82, 2.24) is 29.7 Å². The Hall–Kier alpha value is -3.55. The molecule has 148 valence electrons. The zero-order valence-corrected chi connectivity index (χ0v) is 16.2. The Morgan fingerprint density at radius 3 is 2.90 bits per heavy atom. The molecule has 1 atom stereocenters. The lowest BCUT2D eigenvalue weighted by molar-refractivity contribution is -0.125. The number of nitrogens with one attached hydrogen (secondary N) is 1. The average molecular weight is 390 g/mol. The van der Waals surface area contributed by atoms with Gasteiger partial charge in [0.25, 0.3) is 5.91 Å². The molecular weight excluding hydrogens is 368 g/mol. The van der Waals surface area contributed by atoms with Crippen LogP contribution in [0.15, 0.2) is 55.4 Å². The summed E-state index contributed by atoms with van der Waals surface area (Å²) >= 11 is 0. The molecule has 8 nitrogen and oxygen atoms in total. The van der Waals surface area contributed by atoms with Crippen molar-refractivity contribution < 1.29 is 9.59 Å². The van der Waals surface area contributed by atoms with Gasteiger partial charge in [-0.3, -0.25) is 14.6 Å². The highest BCUT2D eigenvalue weighted by atomic mass is 16.2. The number of carbonyl (C=O) groups is 2. The summed E-state index contributed by atoms with van der Waals surface area (Å²) < 4.78 is 1.96. The van der Waals surface area contributed by atoms with Crippen molar-refractivity contribution in [3.8, 4) is 11.3 Å². The molecule has 3 aromatic heterocycles. The van der Waals surface area contributed by atoms with Gasteiger partial charge < -0.3 is 14.8 Å². The molecule has 0 aromatic carbocycles. The highest BCUT2D eigenvalue weighted by Gasteiger charge is 2.35. The van der Waals surface area contributed by atoms with E-state index in [4.69, 9.17) is 0 Å². The first-order valence-electron chi connectivity index (χ1n) is 9.58. The molecular formula is C21H22N6O2. The second-order valence-corrected chi connectivity index (χ2v) is 7.00. The quantitative estimate of drug-likeness (QED) is 0.622. The maximum absolute atomic E-state index is 12.9. The van der Waals surface area contributed by atoms with E-state index in [9.17, 15) is 9.59 Å². The molecule has 8 heteroatoms. The number of pyridine rings is 2. The number of aryl methyl sites for hydroxylation is 1. The third-order valence-corrected chi connectivity index (χ3v) is 5.04. The van der Waals surface area contributed by atoms with Gasteiger partial charge in [-0.05, 0) is 31.5 Å². The molecule has 0 bridgehead atoms. The highest BCUT2D eigenvalue weighted by Crippen LogP contribution is 2.26. The molecule has 0 saturated carbocycles. The Bertz CT molecular complexity index is 1000. The fourth-order valence-corrected chi connectivity index (χ4v) is 3.36. The van der Waals surface area contributed by atoms with Gasteiger partial charge >= 0.3 is 0 Å². The summed E-state index contributed by atoms with van der Waals surface area (Å²) in [6.45, 7) is 3.46. The number of amides is 2. The number of aromatic nitrogens is 4. The summed E-state index contributed by atoms with van der Waals surface area (Å²) in [7, 11) is 0. The van der Waals surface area contributed by atoms with Crippen molar-refractivity contribution in [2.75, 3.05) is 6.54 Å². The zero-order valence-electron chi connectivity index (χ0n) is 16.2. The Labute approximate surface area is 168 Å². The van der Waals surface area contributed by atoms with Gasteiger partial charge in [-0.15, -0.1) is 0 Å². The predicted molar refractivity (Wildman–Crippen MR) is 107 cm³/mol. The molecule has 4 heterocycles. The summed E-state index contributed by atoms with van der Waals surface area (Å²) in [5, 5.41) is 2.91. The van der Waals surface area contributed by atoms with Crippen LogP contribution in [0.4, 0.5) is 0 Å². The van der Waals surface area contributed by atoms with Gasteiger partial charge in [-0.1, -0.05) is 6.07 Å².